The highest BCUT2D eigenvalue weighted by Gasteiger charge is 2.29. The van der Waals surface area contributed by atoms with Crippen LogP contribution < -0.4 is 10.1 Å². The topological polar surface area (TPSA) is 50.8 Å². The van der Waals surface area contributed by atoms with Gasteiger partial charge in [-0.25, -0.2) is 0 Å². The second-order valence-corrected chi connectivity index (χ2v) is 6.87. The van der Waals surface area contributed by atoms with Crippen molar-refractivity contribution in [3.8, 4) is 5.75 Å². The van der Waals surface area contributed by atoms with Gasteiger partial charge in [-0.05, 0) is 29.8 Å². The summed E-state index contributed by atoms with van der Waals surface area (Å²) in [7, 11) is 1.67. The minimum Gasteiger partial charge on any atom is -0.493 e. The smallest absolute Gasteiger partial charge is 0.254 e. The molecule has 1 atom stereocenters. The summed E-state index contributed by atoms with van der Waals surface area (Å²) in [6.45, 7) is 3.29. The van der Waals surface area contributed by atoms with Crippen LogP contribution in [-0.4, -0.2) is 50.8 Å². The lowest BCUT2D eigenvalue weighted by Crippen LogP contribution is -2.48. The van der Waals surface area contributed by atoms with Crippen molar-refractivity contribution in [1.82, 2.24) is 10.2 Å². The van der Waals surface area contributed by atoms with Crippen molar-refractivity contribution in [1.29, 1.82) is 0 Å². The summed E-state index contributed by atoms with van der Waals surface area (Å²) in [5.74, 6) is 0.685. The number of nitrogens with one attached hydrogen (secondary N) is 1. The number of carbonyl (C=O) groups excluding carboxylic acids is 1. The van der Waals surface area contributed by atoms with Crippen molar-refractivity contribution in [2.75, 3.05) is 40.0 Å². The van der Waals surface area contributed by atoms with Crippen molar-refractivity contribution >= 4 is 17.5 Å². The highest BCUT2D eigenvalue weighted by Crippen LogP contribution is 2.30. The van der Waals surface area contributed by atoms with Crippen molar-refractivity contribution in [2.24, 2.45) is 0 Å². The van der Waals surface area contributed by atoms with Gasteiger partial charge in [0.05, 0.1) is 12.6 Å². The van der Waals surface area contributed by atoms with E-state index < -0.39 is 0 Å². The van der Waals surface area contributed by atoms with Gasteiger partial charge in [0.1, 0.15) is 5.75 Å². The molecule has 5 nitrogen and oxygen atoms in total. The number of ether oxygens (including phenoxy) is 2. The van der Waals surface area contributed by atoms with Gasteiger partial charge >= 0.3 is 0 Å². The molecule has 0 spiro atoms. The van der Waals surface area contributed by atoms with E-state index in [1.165, 1.54) is 0 Å². The van der Waals surface area contributed by atoms with Crippen LogP contribution in [0.1, 0.15) is 28.4 Å². The Labute approximate surface area is 165 Å². The third kappa shape index (κ3) is 5.01. The van der Waals surface area contributed by atoms with Crippen molar-refractivity contribution in [3.05, 3.63) is 64.7 Å². The predicted octanol–water partition coefficient (Wildman–Crippen LogP) is 3.54. The zero-order valence-electron chi connectivity index (χ0n) is 15.5. The van der Waals surface area contributed by atoms with Gasteiger partial charge in [0.2, 0.25) is 0 Å². The highest BCUT2D eigenvalue weighted by molar-refractivity contribution is 6.31. The zero-order chi connectivity index (χ0) is 19.1. The Morgan fingerprint density at radius 3 is 2.89 bits per heavy atom. The van der Waals surface area contributed by atoms with Gasteiger partial charge < -0.3 is 19.7 Å². The second-order valence-electron chi connectivity index (χ2n) is 6.46. The fourth-order valence-electron chi connectivity index (χ4n) is 3.25. The molecule has 1 heterocycles. The molecule has 2 aromatic rings. The van der Waals surface area contributed by atoms with E-state index >= 15 is 0 Å². The van der Waals surface area contributed by atoms with Crippen LogP contribution in [0.2, 0.25) is 5.02 Å². The molecule has 0 saturated carbocycles. The maximum Gasteiger partial charge on any atom is 0.254 e. The molecule has 1 amide bonds. The predicted molar refractivity (Wildman–Crippen MR) is 107 cm³/mol. The molecule has 1 aliphatic heterocycles. The number of carbonyl (C=O) groups is 1. The molecule has 0 aliphatic carbocycles. The van der Waals surface area contributed by atoms with E-state index in [4.69, 9.17) is 21.1 Å². The summed E-state index contributed by atoms with van der Waals surface area (Å²) in [6, 6.07) is 15.0. The molecule has 0 bridgehead atoms. The molecule has 1 saturated heterocycles. The Morgan fingerprint density at radius 1 is 1.22 bits per heavy atom. The van der Waals surface area contributed by atoms with Gasteiger partial charge in [-0.2, -0.15) is 0 Å². The van der Waals surface area contributed by atoms with Gasteiger partial charge in [0, 0.05) is 50.4 Å². The lowest BCUT2D eigenvalue weighted by atomic mass is 10.0. The highest BCUT2D eigenvalue weighted by atomic mass is 35.5. The van der Waals surface area contributed by atoms with Crippen LogP contribution in [0, 0.1) is 0 Å². The molecule has 27 heavy (non-hydrogen) atoms. The number of methoxy groups -OCH3 is 1. The van der Waals surface area contributed by atoms with E-state index in [0.717, 1.165) is 18.5 Å². The van der Waals surface area contributed by atoms with Crippen LogP contribution in [0.15, 0.2) is 48.5 Å². The van der Waals surface area contributed by atoms with E-state index in [1.54, 1.807) is 13.2 Å². The average molecular weight is 389 g/mol. The van der Waals surface area contributed by atoms with Crippen LogP contribution in [0.3, 0.4) is 0 Å². The van der Waals surface area contributed by atoms with Crippen LogP contribution in [0.25, 0.3) is 0 Å². The van der Waals surface area contributed by atoms with Gasteiger partial charge in [0.25, 0.3) is 5.91 Å². The molecule has 0 aromatic heterocycles. The van der Waals surface area contributed by atoms with Gasteiger partial charge in [-0.15, -0.1) is 0 Å². The molecule has 1 fully saturated rings. The fourth-order valence-corrected chi connectivity index (χ4v) is 3.51. The minimum absolute atomic E-state index is 0.0104. The first kappa shape index (κ1) is 19.7. The number of nitrogens with zero attached hydrogens (tertiary/aromatic N) is 1. The number of rotatable bonds is 7. The summed E-state index contributed by atoms with van der Waals surface area (Å²) in [5.41, 5.74) is 1.59. The zero-order valence-corrected chi connectivity index (χ0v) is 16.2. The summed E-state index contributed by atoms with van der Waals surface area (Å²) >= 11 is 6.39. The SMILES string of the molecule is COCCCOc1cccc(C(=O)N2CCNCC2c2ccccc2Cl)c1. The molecule has 0 radical (unpaired) electrons. The molecule has 2 aromatic carbocycles. The fraction of sp³-hybridized carbons (Fsp3) is 0.381. The van der Waals surface area contributed by atoms with Crippen LogP contribution in [-0.2, 0) is 4.74 Å². The number of hydrogen-bond acceptors (Lipinski definition) is 4. The second kappa shape index (κ2) is 9.74. The normalized spacial score (nSPS) is 17.0. The molecule has 1 unspecified atom stereocenters. The molecule has 144 valence electrons. The van der Waals surface area contributed by atoms with Gasteiger partial charge in [-0.1, -0.05) is 35.9 Å². The first-order valence-corrected chi connectivity index (χ1v) is 9.56. The number of amides is 1. The average Bonchev–Trinajstić information content (AvgIpc) is 2.71. The lowest BCUT2D eigenvalue weighted by Gasteiger charge is -2.37. The van der Waals surface area contributed by atoms with Gasteiger partial charge in [-0.3, -0.25) is 4.79 Å². The summed E-state index contributed by atoms with van der Waals surface area (Å²) in [6.07, 6.45) is 0.807. The largest absolute Gasteiger partial charge is 0.493 e. The summed E-state index contributed by atoms with van der Waals surface area (Å²) in [4.78, 5) is 15.1. The van der Waals surface area contributed by atoms with E-state index in [9.17, 15) is 4.79 Å². The molecular formula is C21H25ClN2O3. The monoisotopic (exact) mass is 388 g/mol. The van der Waals surface area contributed by atoms with Crippen molar-refractivity contribution < 1.29 is 14.3 Å². The molecule has 6 heteroatoms. The Morgan fingerprint density at radius 2 is 2.07 bits per heavy atom. The van der Waals surface area contributed by atoms with Crippen molar-refractivity contribution in [2.45, 2.75) is 12.5 Å². The van der Waals surface area contributed by atoms with Crippen LogP contribution in [0.4, 0.5) is 0 Å². The van der Waals surface area contributed by atoms with E-state index in [-0.39, 0.29) is 11.9 Å². The van der Waals surface area contributed by atoms with E-state index in [0.29, 0.717) is 42.6 Å². The Balaban J connectivity index is 1.76. The van der Waals surface area contributed by atoms with Crippen LogP contribution in [0.5, 0.6) is 5.75 Å². The minimum atomic E-state index is -0.0915. The summed E-state index contributed by atoms with van der Waals surface area (Å²) in [5, 5.41) is 4.04. The van der Waals surface area contributed by atoms with E-state index in [2.05, 4.69) is 5.32 Å². The van der Waals surface area contributed by atoms with Crippen molar-refractivity contribution in [3.63, 3.8) is 0 Å². The quantitative estimate of drug-likeness (QED) is 0.737. The maximum atomic E-state index is 13.2. The third-order valence-electron chi connectivity index (χ3n) is 4.61. The standard InChI is InChI=1S/C21H25ClN2O3/c1-26-12-5-13-27-17-7-4-6-16(14-17)21(25)24-11-10-23-15-20(24)18-8-2-3-9-19(18)22/h2-4,6-9,14,20,23H,5,10-13,15H2,1H3. The molecule has 1 aliphatic rings. The third-order valence-corrected chi connectivity index (χ3v) is 4.96. The van der Waals surface area contributed by atoms with Gasteiger partial charge in [0.15, 0.2) is 0 Å². The first-order valence-electron chi connectivity index (χ1n) is 9.18. The number of piperazine rings is 1. The van der Waals surface area contributed by atoms with Crippen LogP contribution >= 0.6 is 11.6 Å². The summed E-state index contributed by atoms with van der Waals surface area (Å²) < 4.78 is 10.8. The Hall–Kier alpha value is -2.08. The first-order chi connectivity index (χ1) is 13.2. The number of hydrogen-bond donors (Lipinski definition) is 1. The van der Waals surface area contributed by atoms with E-state index in [1.807, 2.05) is 47.4 Å². The Bertz CT molecular complexity index is 769. The molecule has 3 rings (SSSR count). The maximum absolute atomic E-state index is 13.2. The molecule has 1 N–H and O–H groups in total. The lowest BCUT2D eigenvalue weighted by molar-refractivity contribution is 0.0634. The Kier molecular flexibility index (Phi) is 7.10. The number of halogens is 1. The number of benzene rings is 2. The molecular weight excluding hydrogens is 364 g/mol.